The SMILES string of the molecule is Cc1cc(N2CCC(C)C2)ccc1C(N)=S. The molecule has 1 aromatic rings. The molecule has 86 valence electrons. The quantitative estimate of drug-likeness (QED) is 0.797. The molecule has 0 spiro atoms. The third-order valence-electron chi connectivity index (χ3n) is 3.26. The van der Waals surface area contributed by atoms with Gasteiger partial charge >= 0.3 is 0 Å². The predicted octanol–water partition coefficient (Wildman–Crippen LogP) is 2.48. The Bertz CT molecular complexity index is 414. The number of anilines is 1. The van der Waals surface area contributed by atoms with Crippen molar-refractivity contribution in [3.63, 3.8) is 0 Å². The summed E-state index contributed by atoms with van der Waals surface area (Å²) < 4.78 is 0. The van der Waals surface area contributed by atoms with Gasteiger partial charge in [0.15, 0.2) is 0 Å². The number of nitrogens with two attached hydrogens (primary N) is 1. The van der Waals surface area contributed by atoms with Gasteiger partial charge < -0.3 is 10.6 Å². The Morgan fingerprint density at radius 1 is 1.50 bits per heavy atom. The molecule has 1 aliphatic rings. The van der Waals surface area contributed by atoms with Gasteiger partial charge in [0.05, 0.1) is 0 Å². The predicted molar refractivity (Wildman–Crippen MR) is 73.1 cm³/mol. The molecule has 1 aromatic carbocycles. The van der Waals surface area contributed by atoms with Crippen LogP contribution in [0, 0.1) is 12.8 Å². The summed E-state index contributed by atoms with van der Waals surface area (Å²) >= 11 is 5.01. The van der Waals surface area contributed by atoms with E-state index in [1.807, 2.05) is 6.07 Å². The molecular formula is C13H18N2S. The number of benzene rings is 1. The monoisotopic (exact) mass is 234 g/mol. The first-order chi connectivity index (χ1) is 7.58. The fraction of sp³-hybridized carbons (Fsp3) is 0.462. The van der Waals surface area contributed by atoms with Crippen molar-refractivity contribution in [2.24, 2.45) is 11.7 Å². The van der Waals surface area contributed by atoms with E-state index in [1.165, 1.54) is 17.7 Å². The Labute approximate surface area is 102 Å². The standard InChI is InChI=1S/C13H18N2S/c1-9-5-6-15(8-9)11-3-4-12(13(14)16)10(2)7-11/h3-4,7,9H,5-6,8H2,1-2H3,(H2,14,16). The lowest BCUT2D eigenvalue weighted by Gasteiger charge is -2.19. The smallest absolute Gasteiger partial charge is 0.104 e. The highest BCUT2D eigenvalue weighted by atomic mass is 32.1. The highest BCUT2D eigenvalue weighted by Gasteiger charge is 2.19. The summed E-state index contributed by atoms with van der Waals surface area (Å²) in [5.74, 6) is 0.801. The van der Waals surface area contributed by atoms with Crippen molar-refractivity contribution in [2.75, 3.05) is 18.0 Å². The average molecular weight is 234 g/mol. The molecule has 2 rings (SSSR count). The molecule has 0 radical (unpaired) electrons. The molecule has 1 heterocycles. The molecule has 0 bridgehead atoms. The molecule has 0 amide bonds. The number of aryl methyl sites for hydroxylation is 1. The third-order valence-corrected chi connectivity index (χ3v) is 3.48. The maximum absolute atomic E-state index is 5.66. The van der Waals surface area contributed by atoms with Crippen molar-refractivity contribution >= 4 is 22.9 Å². The van der Waals surface area contributed by atoms with Gasteiger partial charge in [-0.15, -0.1) is 0 Å². The lowest BCUT2D eigenvalue weighted by atomic mass is 10.1. The van der Waals surface area contributed by atoms with Gasteiger partial charge in [-0.25, -0.2) is 0 Å². The summed E-state index contributed by atoms with van der Waals surface area (Å²) in [6.45, 7) is 6.69. The molecular weight excluding hydrogens is 216 g/mol. The summed E-state index contributed by atoms with van der Waals surface area (Å²) in [5.41, 5.74) is 9.11. The zero-order valence-corrected chi connectivity index (χ0v) is 10.7. The second-order valence-corrected chi connectivity index (χ2v) is 5.14. The van der Waals surface area contributed by atoms with Gasteiger partial charge in [0.1, 0.15) is 4.99 Å². The van der Waals surface area contributed by atoms with Crippen LogP contribution in [0.1, 0.15) is 24.5 Å². The summed E-state index contributed by atoms with van der Waals surface area (Å²) in [7, 11) is 0. The van der Waals surface area contributed by atoms with Crippen molar-refractivity contribution in [1.29, 1.82) is 0 Å². The number of nitrogens with zero attached hydrogens (tertiary/aromatic N) is 1. The Morgan fingerprint density at radius 2 is 2.25 bits per heavy atom. The summed E-state index contributed by atoms with van der Waals surface area (Å²) in [5, 5.41) is 0. The van der Waals surface area contributed by atoms with Crippen LogP contribution in [0.5, 0.6) is 0 Å². The lowest BCUT2D eigenvalue weighted by Crippen LogP contribution is -2.19. The van der Waals surface area contributed by atoms with E-state index in [4.69, 9.17) is 18.0 Å². The van der Waals surface area contributed by atoms with Crippen molar-refractivity contribution in [3.8, 4) is 0 Å². The molecule has 3 heteroatoms. The normalized spacial score (nSPS) is 20.1. The molecule has 1 saturated heterocycles. The van der Waals surface area contributed by atoms with Gasteiger partial charge in [-0.3, -0.25) is 0 Å². The first-order valence-electron chi connectivity index (χ1n) is 5.73. The Hall–Kier alpha value is -1.09. The summed E-state index contributed by atoms with van der Waals surface area (Å²) in [6.07, 6.45) is 1.29. The molecule has 16 heavy (non-hydrogen) atoms. The second-order valence-electron chi connectivity index (χ2n) is 4.70. The van der Waals surface area contributed by atoms with Gasteiger partial charge in [-0.1, -0.05) is 19.1 Å². The van der Waals surface area contributed by atoms with Crippen molar-refractivity contribution in [2.45, 2.75) is 20.3 Å². The average Bonchev–Trinajstić information content (AvgIpc) is 2.64. The molecule has 1 atom stereocenters. The molecule has 2 nitrogen and oxygen atoms in total. The third kappa shape index (κ3) is 2.19. The molecule has 1 fully saturated rings. The molecule has 1 aliphatic heterocycles. The van der Waals surface area contributed by atoms with Crippen LogP contribution in [0.25, 0.3) is 0 Å². The van der Waals surface area contributed by atoms with Gasteiger partial charge in [-0.05, 0) is 43.0 Å². The van der Waals surface area contributed by atoms with E-state index in [1.54, 1.807) is 0 Å². The van der Waals surface area contributed by atoms with Crippen LogP contribution in [-0.2, 0) is 0 Å². The minimum atomic E-state index is 0.485. The van der Waals surface area contributed by atoms with Crippen molar-refractivity contribution in [3.05, 3.63) is 29.3 Å². The molecule has 1 unspecified atom stereocenters. The highest BCUT2D eigenvalue weighted by molar-refractivity contribution is 7.80. The van der Waals surface area contributed by atoms with E-state index in [-0.39, 0.29) is 0 Å². The first kappa shape index (κ1) is 11.4. The number of rotatable bonds is 2. The van der Waals surface area contributed by atoms with E-state index in [9.17, 15) is 0 Å². The zero-order chi connectivity index (χ0) is 11.7. The van der Waals surface area contributed by atoms with Gasteiger partial charge in [0.2, 0.25) is 0 Å². The van der Waals surface area contributed by atoms with Crippen LogP contribution in [0.15, 0.2) is 18.2 Å². The van der Waals surface area contributed by atoms with Crippen molar-refractivity contribution < 1.29 is 0 Å². The van der Waals surface area contributed by atoms with Crippen LogP contribution >= 0.6 is 12.2 Å². The lowest BCUT2D eigenvalue weighted by molar-refractivity contribution is 0.659. The summed E-state index contributed by atoms with van der Waals surface area (Å²) in [6, 6.07) is 6.35. The molecule has 0 aliphatic carbocycles. The fourth-order valence-electron chi connectivity index (χ4n) is 2.29. The van der Waals surface area contributed by atoms with Gasteiger partial charge in [-0.2, -0.15) is 0 Å². The fourth-order valence-corrected chi connectivity index (χ4v) is 2.52. The van der Waals surface area contributed by atoms with Crippen LogP contribution in [0.3, 0.4) is 0 Å². The number of hydrogen-bond donors (Lipinski definition) is 1. The Balaban J connectivity index is 2.24. The highest BCUT2D eigenvalue weighted by Crippen LogP contribution is 2.25. The van der Waals surface area contributed by atoms with Crippen molar-refractivity contribution in [1.82, 2.24) is 0 Å². The van der Waals surface area contributed by atoms with E-state index in [0.29, 0.717) is 4.99 Å². The van der Waals surface area contributed by atoms with Crippen LogP contribution < -0.4 is 10.6 Å². The molecule has 0 saturated carbocycles. The first-order valence-corrected chi connectivity index (χ1v) is 6.14. The van der Waals surface area contributed by atoms with Gasteiger partial charge in [0, 0.05) is 24.3 Å². The zero-order valence-electron chi connectivity index (χ0n) is 9.86. The topological polar surface area (TPSA) is 29.3 Å². The maximum Gasteiger partial charge on any atom is 0.104 e. The molecule has 2 N–H and O–H groups in total. The van der Waals surface area contributed by atoms with E-state index in [2.05, 4.69) is 30.9 Å². The van der Waals surface area contributed by atoms with E-state index in [0.717, 1.165) is 24.6 Å². The van der Waals surface area contributed by atoms with E-state index < -0.39 is 0 Å². The minimum Gasteiger partial charge on any atom is -0.389 e. The maximum atomic E-state index is 5.66. The summed E-state index contributed by atoms with van der Waals surface area (Å²) in [4.78, 5) is 2.92. The van der Waals surface area contributed by atoms with E-state index >= 15 is 0 Å². The second kappa shape index (κ2) is 4.42. The van der Waals surface area contributed by atoms with Crippen LogP contribution in [0.4, 0.5) is 5.69 Å². The molecule has 0 aromatic heterocycles. The number of hydrogen-bond acceptors (Lipinski definition) is 2. The largest absolute Gasteiger partial charge is 0.389 e. The Kier molecular flexibility index (Phi) is 3.15. The van der Waals surface area contributed by atoms with Gasteiger partial charge in [0.25, 0.3) is 0 Å². The minimum absolute atomic E-state index is 0.485. The van der Waals surface area contributed by atoms with Crippen LogP contribution in [0.2, 0.25) is 0 Å². The Morgan fingerprint density at radius 3 is 2.75 bits per heavy atom. The van der Waals surface area contributed by atoms with Crippen LogP contribution in [-0.4, -0.2) is 18.1 Å². The number of thiocarbonyl (C=S) groups is 1.